The zero-order chi connectivity index (χ0) is 19.4. The van der Waals surface area contributed by atoms with Crippen molar-refractivity contribution in [1.82, 2.24) is 4.31 Å². The molecule has 0 N–H and O–H groups in total. The van der Waals surface area contributed by atoms with Crippen molar-refractivity contribution in [2.75, 3.05) is 20.2 Å². The zero-order valence-electron chi connectivity index (χ0n) is 15.7. The molecule has 0 radical (unpaired) electrons. The first-order valence-electron chi connectivity index (χ1n) is 9.23. The van der Waals surface area contributed by atoms with Crippen LogP contribution in [0.15, 0.2) is 53.4 Å². The van der Waals surface area contributed by atoms with E-state index < -0.39 is 10.0 Å². The molecule has 0 unspecified atom stereocenters. The molecule has 0 aromatic heterocycles. The van der Waals surface area contributed by atoms with Gasteiger partial charge in [0.25, 0.3) is 0 Å². The molecule has 1 heterocycles. The largest absolute Gasteiger partial charge is 0.497 e. The number of ether oxygens (including phenoxy) is 1. The van der Waals surface area contributed by atoms with Crippen LogP contribution in [0.5, 0.6) is 5.75 Å². The number of Topliss-reactive ketones (excluding diaryl/α,β-unsaturated/α-hetero) is 1. The maximum atomic E-state index is 12.8. The van der Waals surface area contributed by atoms with Crippen molar-refractivity contribution in [1.29, 1.82) is 0 Å². The Labute approximate surface area is 161 Å². The van der Waals surface area contributed by atoms with E-state index in [9.17, 15) is 13.2 Å². The molecule has 144 valence electrons. The van der Waals surface area contributed by atoms with Gasteiger partial charge in [-0.3, -0.25) is 4.79 Å². The quantitative estimate of drug-likeness (QED) is 0.711. The van der Waals surface area contributed by atoms with Crippen LogP contribution in [0.2, 0.25) is 0 Å². The number of sulfonamides is 1. The number of piperidine rings is 1. The fourth-order valence-corrected chi connectivity index (χ4v) is 4.87. The maximum absolute atomic E-state index is 12.8. The SMILES string of the molecule is CCc1ccc(S(=O)(=O)N2CCC(C(=O)c3ccc(OC)cc3)CC2)cc1. The Balaban J connectivity index is 1.65. The Kier molecular flexibility index (Phi) is 5.97. The summed E-state index contributed by atoms with van der Waals surface area (Å²) in [4.78, 5) is 13.0. The van der Waals surface area contributed by atoms with Gasteiger partial charge in [0.1, 0.15) is 5.75 Å². The molecule has 0 atom stereocenters. The number of ketones is 1. The molecule has 0 aliphatic carbocycles. The minimum absolute atomic E-state index is 0.0713. The molecule has 3 rings (SSSR count). The summed E-state index contributed by atoms with van der Waals surface area (Å²) in [6.07, 6.45) is 1.95. The van der Waals surface area contributed by atoms with Crippen LogP contribution in [0.4, 0.5) is 0 Å². The van der Waals surface area contributed by atoms with Gasteiger partial charge in [-0.15, -0.1) is 0 Å². The number of rotatable bonds is 6. The highest BCUT2D eigenvalue weighted by molar-refractivity contribution is 7.89. The van der Waals surface area contributed by atoms with E-state index >= 15 is 0 Å². The Morgan fingerprint density at radius 3 is 2.15 bits per heavy atom. The summed E-state index contributed by atoms with van der Waals surface area (Å²) in [6.45, 7) is 2.77. The second-order valence-corrected chi connectivity index (χ2v) is 8.71. The van der Waals surface area contributed by atoms with Gasteiger partial charge in [0, 0.05) is 24.6 Å². The van der Waals surface area contributed by atoms with Gasteiger partial charge in [-0.05, 0) is 61.2 Å². The Hall–Kier alpha value is -2.18. The number of carbonyl (C=O) groups excluding carboxylic acids is 1. The number of benzene rings is 2. The molecular weight excluding hydrogens is 362 g/mol. The third-order valence-corrected chi connectivity index (χ3v) is 7.08. The van der Waals surface area contributed by atoms with E-state index in [1.54, 1.807) is 43.5 Å². The summed E-state index contributed by atoms with van der Waals surface area (Å²) in [5.41, 5.74) is 1.75. The third kappa shape index (κ3) is 4.22. The zero-order valence-corrected chi connectivity index (χ0v) is 16.5. The van der Waals surface area contributed by atoms with Crippen molar-refractivity contribution in [3.05, 3.63) is 59.7 Å². The maximum Gasteiger partial charge on any atom is 0.243 e. The summed E-state index contributed by atoms with van der Waals surface area (Å²) in [6, 6.07) is 14.1. The Morgan fingerprint density at radius 1 is 1.04 bits per heavy atom. The highest BCUT2D eigenvalue weighted by Gasteiger charge is 2.32. The smallest absolute Gasteiger partial charge is 0.243 e. The van der Waals surface area contributed by atoms with Crippen LogP contribution < -0.4 is 4.74 Å². The van der Waals surface area contributed by atoms with Crippen LogP contribution in [-0.4, -0.2) is 38.7 Å². The van der Waals surface area contributed by atoms with Crippen molar-refractivity contribution >= 4 is 15.8 Å². The van der Waals surface area contributed by atoms with E-state index in [-0.39, 0.29) is 11.7 Å². The molecule has 5 nitrogen and oxygen atoms in total. The molecule has 27 heavy (non-hydrogen) atoms. The van der Waals surface area contributed by atoms with Gasteiger partial charge in [0.05, 0.1) is 12.0 Å². The van der Waals surface area contributed by atoms with Gasteiger partial charge in [-0.2, -0.15) is 4.31 Å². The van der Waals surface area contributed by atoms with E-state index in [0.717, 1.165) is 12.0 Å². The van der Waals surface area contributed by atoms with Crippen molar-refractivity contribution in [3.63, 3.8) is 0 Å². The number of methoxy groups -OCH3 is 1. The first kappa shape index (κ1) is 19.6. The molecule has 1 aliphatic rings. The molecule has 2 aromatic carbocycles. The molecule has 0 spiro atoms. The normalized spacial score (nSPS) is 16.2. The van der Waals surface area contributed by atoms with Gasteiger partial charge in [-0.25, -0.2) is 8.42 Å². The average Bonchev–Trinajstić information content (AvgIpc) is 2.73. The number of hydrogen-bond acceptors (Lipinski definition) is 4. The molecular formula is C21H25NO4S. The fourth-order valence-electron chi connectivity index (χ4n) is 3.40. The summed E-state index contributed by atoms with van der Waals surface area (Å²) in [7, 11) is -1.92. The van der Waals surface area contributed by atoms with Crippen LogP contribution in [0, 0.1) is 5.92 Å². The second kappa shape index (κ2) is 8.23. The predicted molar refractivity (Wildman–Crippen MR) is 105 cm³/mol. The van der Waals surface area contributed by atoms with Gasteiger partial charge in [0.2, 0.25) is 10.0 Å². The number of carbonyl (C=O) groups is 1. The van der Waals surface area contributed by atoms with Crippen LogP contribution >= 0.6 is 0 Å². The summed E-state index contributed by atoms with van der Waals surface area (Å²) >= 11 is 0. The van der Waals surface area contributed by atoms with Crippen molar-refractivity contribution < 1.29 is 17.9 Å². The average molecular weight is 388 g/mol. The lowest BCUT2D eigenvalue weighted by Gasteiger charge is -2.30. The van der Waals surface area contributed by atoms with Crippen LogP contribution in [0.3, 0.4) is 0 Å². The van der Waals surface area contributed by atoms with Crippen molar-refractivity contribution in [2.45, 2.75) is 31.1 Å². The number of aryl methyl sites for hydroxylation is 1. The van der Waals surface area contributed by atoms with Crippen LogP contribution in [0.1, 0.15) is 35.7 Å². The molecule has 1 fully saturated rings. The van der Waals surface area contributed by atoms with E-state index in [2.05, 4.69) is 0 Å². The summed E-state index contributed by atoms with van der Waals surface area (Å²) in [5.74, 6) is 0.635. The summed E-state index contributed by atoms with van der Waals surface area (Å²) in [5, 5.41) is 0. The van der Waals surface area contributed by atoms with Crippen LogP contribution in [-0.2, 0) is 16.4 Å². The van der Waals surface area contributed by atoms with Gasteiger partial charge in [0.15, 0.2) is 5.78 Å². The monoisotopic (exact) mass is 387 g/mol. The molecule has 1 saturated heterocycles. The molecule has 0 saturated carbocycles. The minimum Gasteiger partial charge on any atom is -0.497 e. The Morgan fingerprint density at radius 2 is 1.63 bits per heavy atom. The predicted octanol–water partition coefficient (Wildman–Crippen LogP) is 3.54. The fraction of sp³-hybridized carbons (Fsp3) is 0.381. The lowest BCUT2D eigenvalue weighted by molar-refractivity contribution is 0.0875. The summed E-state index contributed by atoms with van der Waals surface area (Å²) < 4.78 is 32.3. The third-order valence-electron chi connectivity index (χ3n) is 5.17. The molecule has 2 aromatic rings. The first-order valence-corrected chi connectivity index (χ1v) is 10.7. The van der Waals surface area contributed by atoms with E-state index in [1.165, 1.54) is 4.31 Å². The topological polar surface area (TPSA) is 63.7 Å². The van der Waals surface area contributed by atoms with E-state index in [1.807, 2.05) is 19.1 Å². The van der Waals surface area contributed by atoms with Crippen LogP contribution in [0.25, 0.3) is 0 Å². The van der Waals surface area contributed by atoms with Gasteiger partial charge < -0.3 is 4.74 Å². The second-order valence-electron chi connectivity index (χ2n) is 6.77. The van der Waals surface area contributed by atoms with Crippen molar-refractivity contribution in [3.8, 4) is 5.75 Å². The van der Waals surface area contributed by atoms with E-state index in [0.29, 0.717) is 42.1 Å². The molecule has 0 amide bonds. The van der Waals surface area contributed by atoms with Gasteiger partial charge in [-0.1, -0.05) is 19.1 Å². The molecule has 1 aliphatic heterocycles. The Bertz CT molecular complexity index is 881. The van der Waals surface area contributed by atoms with E-state index in [4.69, 9.17) is 4.74 Å². The molecule has 0 bridgehead atoms. The highest BCUT2D eigenvalue weighted by Crippen LogP contribution is 2.27. The number of hydrogen-bond donors (Lipinski definition) is 0. The van der Waals surface area contributed by atoms with Gasteiger partial charge >= 0.3 is 0 Å². The standard InChI is InChI=1S/C21H25NO4S/c1-3-16-4-10-20(11-5-16)27(24,25)22-14-12-18(13-15-22)21(23)17-6-8-19(26-2)9-7-17/h4-11,18H,3,12-15H2,1-2H3. The number of nitrogens with zero attached hydrogens (tertiary/aromatic N) is 1. The van der Waals surface area contributed by atoms with Crippen molar-refractivity contribution in [2.24, 2.45) is 5.92 Å². The molecule has 6 heteroatoms. The highest BCUT2D eigenvalue weighted by atomic mass is 32.2. The lowest BCUT2D eigenvalue weighted by atomic mass is 9.89. The lowest BCUT2D eigenvalue weighted by Crippen LogP contribution is -2.40. The minimum atomic E-state index is -3.50. The first-order chi connectivity index (χ1) is 13.0.